The van der Waals surface area contributed by atoms with Gasteiger partial charge in [0.25, 0.3) is 0 Å². The van der Waals surface area contributed by atoms with E-state index in [-0.39, 0.29) is 29.4 Å². The van der Waals surface area contributed by atoms with Gasteiger partial charge in [-0.05, 0) is 79.8 Å². The lowest BCUT2D eigenvalue weighted by molar-refractivity contribution is -0.143. The molecule has 10 heteroatoms. The molecule has 0 saturated heterocycles. The number of hydrogen-bond acceptors (Lipinski definition) is 2. The summed E-state index contributed by atoms with van der Waals surface area (Å²) in [7, 11) is 0. The van der Waals surface area contributed by atoms with Crippen LogP contribution < -0.4 is 10.2 Å². The van der Waals surface area contributed by atoms with Crippen molar-refractivity contribution in [1.29, 1.82) is 0 Å². The predicted molar refractivity (Wildman–Crippen MR) is 116 cm³/mol. The molecule has 1 unspecified atom stereocenters. The molecule has 2 aliphatic carbocycles. The number of nitrogens with zero attached hydrogens (tertiary/aromatic N) is 1. The Morgan fingerprint density at radius 3 is 1.80 bits per heavy atom. The van der Waals surface area contributed by atoms with Gasteiger partial charge < -0.3 is 10.2 Å². The summed E-state index contributed by atoms with van der Waals surface area (Å²) in [6.07, 6.45) is -5.78. The number of alkyl halides is 6. The maximum Gasteiger partial charge on any atom is 0.416 e. The Hall–Kier alpha value is -2.36. The zero-order valence-electron chi connectivity index (χ0n) is 19.0. The zero-order valence-corrected chi connectivity index (χ0v) is 19.0. The second-order valence-electron chi connectivity index (χ2n) is 9.63. The van der Waals surface area contributed by atoms with Crippen LogP contribution in [0.4, 0.5) is 40.8 Å². The van der Waals surface area contributed by atoms with Gasteiger partial charge in [-0.25, -0.2) is 8.78 Å². The van der Waals surface area contributed by atoms with E-state index in [2.05, 4.69) is 5.32 Å². The van der Waals surface area contributed by atoms with Crippen LogP contribution in [0, 0.1) is 23.5 Å². The highest BCUT2D eigenvalue weighted by molar-refractivity contribution is 5.56. The van der Waals surface area contributed by atoms with Crippen LogP contribution in [0.3, 0.4) is 0 Å². The molecule has 0 amide bonds. The first kappa shape index (κ1) is 25.7. The van der Waals surface area contributed by atoms with Gasteiger partial charge in [0.05, 0.1) is 16.8 Å². The van der Waals surface area contributed by atoms with Crippen LogP contribution in [0.1, 0.15) is 60.9 Å². The van der Waals surface area contributed by atoms with Crippen molar-refractivity contribution >= 4 is 5.69 Å². The number of benzene rings is 2. The van der Waals surface area contributed by atoms with E-state index in [4.69, 9.17) is 0 Å². The first-order valence-electron chi connectivity index (χ1n) is 11.6. The van der Waals surface area contributed by atoms with Crippen LogP contribution in [0.25, 0.3) is 0 Å². The summed E-state index contributed by atoms with van der Waals surface area (Å²) in [5, 5.41) is 2.87. The van der Waals surface area contributed by atoms with Crippen molar-refractivity contribution < 1.29 is 35.1 Å². The van der Waals surface area contributed by atoms with Crippen LogP contribution >= 0.6 is 0 Å². The highest BCUT2D eigenvalue weighted by atomic mass is 19.4. The average Bonchev–Trinajstić information content (AvgIpc) is 3.67. The van der Waals surface area contributed by atoms with Crippen molar-refractivity contribution in [2.75, 3.05) is 18.0 Å². The molecule has 0 spiro atoms. The molecule has 0 bridgehead atoms. The normalized spacial score (nSPS) is 17.5. The second kappa shape index (κ2) is 9.59. The van der Waals surface area contributed by atoms with E-state index in [0.717, 1.165) is 37.8 Å². The zero-order chi connectivity index (χ0) is 25.5. The minimum absolute atomic E-state index is 0.0733. The number of nitrogens with one attached hydrogen (secondary N) is 1. The number of rotatable bonds is 9. The Balaban J connectivity index is 1.59. The van der Waals surface area contributed by atoms with Crippen LogP contribution in [0.5, 0.6) is 0 Å². The van der Waals surface area contributed by atoms with E-state index in [0.29, 0.717) is 37.1 Å². The SMILES string of the molecule is CC(NCc1cc(F)cc(F)c1N(CC1CC1)CC1CC1)c1cc(C(F)(F)F)cc(C(F)(F)F)c1. The lowest BCUT2D eigenvalue weighted by Gasteiger charge is -2.28. The van der Waals surface area contributed by atoms with Gasteiger partial charge in [0, 0.05) is 31.7 Å². The minimum Gasteiger partial charge on any atom is -0.368 e. The molecule has 0 aliphatic heterocycles. The molecule has 1 atom stereocenters. The molecule has 2 aromatic carbocycles. The van der Waals surface area contributed by atoms with E-state index in [1.165, 1.54) is 6.92 Å². The molecule has 2 aromatic rings. The van der Waals surface area contributed by atoms with Gasteiger partial charge in [-0.3, -0.25) is 0 Å². The van der Waals surface area contributed by atoms with Crippen molar-refractivity contribution in [1.82, 2.24) is 5.32 Å². The summed E-state index contributed by atoms with van der Waals surface area (Å²) in [4.78, 5) is 1.91. The molecule has 2 nitrogen and oxygen atoms in total. The van der Waals surface area contributed by atoms with Gasteiger partial charge in [-0.1, -0.05) is 0 Å². The number of halogens is 8. The first-order valence-corrected chi connectivity index (χ1v) is 11.6. The molecule has 4 rings (SSSR count). The molecule has 0 heterocycles. The summed E-state index contributed by atoms with van der Waals surface area (Å²) >= 11 is 0. The molecule has 35 heavy (non-hydrogen) atoms. The van der Waals surface area contributed by atoms with E-state index < -0.39 is 41.2 Å². The molecule has 192 valence electrons. The summed E-state index contributed by atoms with van der Waals surface area (Å²) in [5.41, 5.74) is -2.52. The second-order valence-corrected chi connectivity index (χ2v) is 9.63. The van der Waals surface area contributed by atoms with Gasteiger partial charge in [-0.2, -0.15) is 26.3 Å². The lowest BCUT2D eigenvalue weighted by atomic mass is 10.00. The summed E-state index contributed by atoms with van der Waals surface area (Å²) in [6, 6.07) is 2.41. The van der Waals surface area contributed by atoms with Crippen LogP contribution in [0.15, 0.2) is 30.3 Å². The van der Waals surface area contributed by atoms with Gasteiger partial charge in [0.2, 0.25) is 0 Å². The molecule has 1 N–H and O–H groups in total. The van der Waals surface area contributed by atoms with Crippen molar-refractivity contribution in [3.8, 4) is 0 Å². The average molecular weight is 506 g/mol. The fourth-order valence-corrected chi connectivity index (χ4v) is 4.20. The fraction of sp³-hybridized carbons (Fsp3) is 0.520. The maximum absolute atomic E-state index is 15.0. The van der Waals surface area contributed by atoms with Crippen molar-refractivity contribution in [2.24, 2.45) is 11.8 Å². The number of hydrogen-bond donors (Lipinski definition) is 1. The largest absolute Gasteiger partial charge is 0.416 e. The van der Waals surface area contributed by atoms with Gasteiger partial charge in [-0.15, -0.1) is 0 Å². The van der Waals surface area contributed by atoms with E-state index >= 15 is 0 Å². The van der Waals surface area contributed by atoms with Crippen molar-refractivity contribution in [3.05, 3.63) is 64.2 Å². The topological polar surface area (TPSA) is 15.3 Å². The summed E-state index contributed by atoms with van der Waals surface area (Å²) < 4.78 is 108. The Morgan fingerprint density at radius 1 is 0.829 bits per heavy atom. The third-order valence-corrected chi connectivity index (χ3v) is 6.48. The highest BCUT2D eigenvalue weighted by Gasteiger charge is 2.37. The Labute approximate surface area is 198 Å². The summed E-state index contributed by atoms with van der Waals surface area (Å²) in [6.45, 7) is 2.54. The molecule has 2 aliphatic rings. The van der Waals surface area contributed by atoms with Gasteiger partial charge >= 0.3 is 12.4 Å². The highest BCUT2D eigenvalue weighted by Crippen LogP contribution is 2.39. The molecule has 2 saturated carbocycles. The molecule has 0 aromatic heterocycles. The Kier molecular flexibility index (Phi) is 7.05. The monoisotopic (exact) mass is 506 g/mol. The Bertz CT molecular complexity index is 1010. The van der Waals surface area contributed by atoms with Crippen LogP contribution in [-0.2, 0) is 18.9 Å². The lowest BCUT2D eigenvalue weighted by Crippen LogP contribution is -2.31. The maximum atomic E-state index is 15.0. The third-order valence-electron chi connectivity index (χ3n) is 6.48. The van der Waals surface area contributed by atoms with Gasteiger partial charge in [0.15, 0.2) is 0 Å². The van der Waals surface area contributed by atoms with Crippen LogP contribution in [-0.4, -0.2) is 13.1 Å². The quantitative estimate of drug-likeness (QED) is 0.355. The van der Waals surface area contributed by atoms with Crippen molar-refractivity contribution in [2.45, 2.75) is 57.5 Å². The first-order chi connectivity index (χ1) is 16.3. The van der Waals surface area contributed by atoms with Crippen LogP contribution in [0.2, 0.25) is 0 Å². The van der Waals surface area contributed by atoms with Crippen molar-refractivity contribution in [3.63, 3.8) is 0 Å². The predicted octanol–water partition coefficient (Wildman–Crippen LogP) is 7.48. The molecule has 0 radical (unpaired) electrons. The number of anilines is 1. The standard InChI is InChI=1S/C25H26F8N2/c1-14(17-6-19(24(28,29)30)9-20(7-17)25(31,32)33)34-11-18-8-21(26)10-22(27)23(18)35(12-15-2-3-15)13-16-4-5-16/h6-10,14-16,34H,2-5,11-13H2,1H3. The third kappa shape index (κ3) is 6.65. The Morgan fingerprint density at radius 2 is 1.34 bits per heavy atom. The fourth-order valence-electron chi connectivity index (χ4n) is 4.20. The molecular weight excluding hydrogens is 480 g/mol. The minimum atomic E-state index is -4.96. The van der Waals surface area contributed by atoms with E-state index in [9.17, 15) is 35.1 Å². The molecule has 2 fully saturated rings. The van der Waals surface area contributed by atoms with E-state index in [1.54, 1.807) is 0 Å². The summed E-state index contributed by atoms with van der Waals surface area (Å²) in [5.74, 6) is -0.659. The molecular formula is C25H26F8N2. The van der Waals surface area contributed by atoms with E-state index in [1.807, 2.05) is 4.90 Å². The smallest absolute Gasteiger partial charge is 0.368 e. The van der Waals surface area contributed by atoms with Gasteiger partial charge in [0.1, 0.15) is 11.6 Å².